The number of hydrogen-bond acceptors (Lipinski definition) is 6. The number of carboxylic acids is 1. The molecule has 0 atom stereocenters. The van der Waals surface area contributed by atoms with Crippen LogP contribution in [0.1, 0.15) is 10.4 Å². The predicted molar refractivity (Wildman–Crippen MR) is 83.0 cm³/mol. The Balaban J connectivity index is 0.000000139. The van der Waals surface area contributed by atoms with Crippen LogP contribution in [0.25, 0.3) is 0 Å². The van der Waals surface area contributed by atoms with Crippen molar-refractivity contribution in [2.24, 2.45) is 0 Å². The van der Waals surface area contributed by atoms with Crippen LogP contribution in [-0.2, 0) is 4.79 Å². The lowest BCUT2D eigenvalue weighted by atomic mass is 10.2. The Kier molecular flexibility index (Phi) is 4.87. The van der Waals surface area contributed by atoms with Crippen molar-refractivity contribution in [3.05, 3.63) is 35.9 Å². The largest absolute Gasteiger partial charge is 0.480 e. The van der Waals surface area contributed by atoms with E-state index >= 15 is 0 Å². The Bertz CT molecular complexity index is 509. The molecule has 0 unspecified atom stereocenters. The number of rotatable bonds is 3. The van der Waals surface area contributed by atoms with E-state index in [1.807, 2.05) is 0 Å². The first-order valence-electron chi connectivity index (χ1n) is 7.54. The lowest BCUT2D eigenvalue weighted by Gasteiger charge is -2.56. The van der Waals surface area contributed by atoms with Crippen molar-refractivity contribution in [2.75, 3.05) is 46.6 Å². The average Bonchev–Trinajstić information content (AvgIpc) is 2.53. The van der Waals surface area contributed by atoms with Gasteiger partial charge in [0.05, 0.1) is 40.0 Å². The van der Waals surface area contributed by atoms with Crippen LogP contribution in [0.2, 0.25) is 0 Å². The Morgan fingerprint density at radius 1 is 0.870 bits per heavy atom. The van der Waals surface area contributed by atoms with Gasteiger partial charge in [0.1, 0.15) is 6.54 Å². The molecular formula is C15H21N5O3. The fraction of sp³-hybridized carbons (Fsp3) is 0.467. The van der Waals surface area contributed by atoms with Crippen molar-refractivity contribution in [1.82, 2.24) is 24.9 Å². The van der Waals surface area contributed by atoms with Gasteiger partial charge in [0.2, 0.25) is 0 Å². The maximum atomic E-state index is 11.2. The molecule has 4 bridgehead atoms. The third kappa shape index (κ3) is 4.26. The predicted octanol–water partition coefficient (Wildman–Crippen LogP) is -0.519. The van der Waals surface area contributed by atoms with Gasteiger partial charge in [-0.05, 0) is 12.1 Å². The summed E-state index contributed by atoms with van der Waals surface area (Å²) in [6, 6.07) is 8.47. The first-order chi connectivity index (χ1) is 11.1. The summed E-state index contributed by atoms with van der Waals surface area (Å²) in [7, 11) is 0. The van der Waals surface area contributed by atoms with Crippen molar-refractivity contribution in [1.29, 1.82) is 0 Å². The summed E-state index contributed by atoms with van der Waals surface area (Å²) in [6.45, 7) is 6.77. The Labute approximate surface area is 134 Å². The van der Waals surface area contributed by atoms with Crippen LogP contribution in [0.15, 0.2) is 30.3 Å². The zero-order chi connectivity index (χ0) is 16.2. The Hall–Kier alpha value is -2.00. The van der Waals surface area contributed by atoms with Crippen LogP contribution in [0.3, 0.4) is 0 Å². The number of benzene rings is 1. The number of aliphatic carboxylic acids is 1. The van der Waals surface area contributed by atoms with Gasteiger partial charge in [0.25, 0.3) is 5.91 Å². The molecule has 1 amide bonds. The van der Waals surface area contributed by atoms with E-state index in [1.165, 1.54) is 40.0 Å². The van der Waals surface area contributed by atoms with E-state index in [-0.39, 0.29) is 12.5 Å². The van der Waals surface area contributed by atoms with Crippen molar-refractivity contribution in [2.45, 2.75) is 0 Å². The molecule has 0 saturated carbocycles. The van der Waals surface area contributed by atoms with E-state index < -0.39 is 5.97 Å². The molecule has 4 heterocycles. The molecule has 4 aliphatic heterocycles. The van der Waals surface area contributed by atoms with Gasteiger partial charge in [-0.1, -0.05) is 18.2 Å². The third-order valence-corrected chi connectivity index (χ3v) is 3.84. The van der Waals surface area contributed by atoms with E-state index in [4.69, 9.17) is 5.11 Å². The highest BCUT2D eigenvalue weighted by molar-refractivity contribution is 5.95. The minimum Gasteiger partial charge on any atom is -0.480 e. The highest BCUT2D eigenvalue weighted by Crippen LogP contribution is 2.20. The molecular weight excluding hydrogens is 298 g/mol. The topological polar surface area (TPSA) is 79.4 Å². The molecule has 0 aromatic heterocycles. The average molecular weight is 319 g/mol. The van der Waals surface area contributed by atoms with Crippen molar-refractivity contribution >= 4 is 11.9 Å². The molecule has 0 aliphatic carbocycles. The summed E-state index contributed by atoms with van der Waals surface area (Å²) in [5.74, 6) is -1.42. The second-order valence-corrected chi connectivity index (χ2v) is 5.97. The lowest BCUT2D eigenvalue weighted by Crippen LogP contribution is -2.71. The first kappa shape index (κ1) is 15.9. The summed E-state index contributed by atoms with van der Waals surface area (Å²) >= 11 is 0. The monoisotopic (exact) mass is 319 g/mol. The van der Waals surface area contributed by atoms with Gasteiger partial charge in [-0.15, -0.1) is 0 Å². The van der Waals surface area contributed by atoms with Gasteiger partial charge in [-0.3, -0.25) is 29.2 Å². The smallest absolute Gasteiger partial charge is 0.322 e. The standard InChI is InChI=1S/C9H9NO3.C6H12N4/c11-8(12)6-10-9(13)7-4-2-1-3-5-7;1-7-2-9-4-8(1)5-10(3-7)6-9/h1-5H,6H2,(H,10,13)(H,11,12);1-6H2. The molecule has 0 spiro atoms. The van der Waals surface area contributed by atoms with Gasteiger partial charge in [0, 0.05) is 5.56 Å². The normalized spacial score (nSPS) is 30.3. The van der Waals surface area contributed by atoms with Gasteiger partial charge < -0.3 is 10.4 Å². The molecule has 23 heavy (non-hydrogen) atoms. The summed E-state index contributed by atoms with van der Waals surface area (Å²) in [4.78, 5) is 31.2. The zero-order valence-electron chi connectivity index (χ0n) is 12.9. The van der Waals surface area contributed by atoms with Crippen LogP contribution in [0, 0.1) is 0 Å². The van der Waals surface area contributed by atoms with Crippen LogP contribution in [0.5, 0.6) is 0 Å². The molecule has 5 rings (SSSR count). The second kappa shape index (κ2) is 7.05. The number of amides is 1. The Morgan fingerprint density at radius 3 is 1.70 bits per heavy atom. The fourth-order valence-electron chi connectivity index (χ4n) is 3.08. The summed E-state index contributed by atoms with van der Waals surface area (Å²) < 4.78 is 0. The van der Waals surface area contributed by atoms with Gasteiger partial charge in [-0.2, -0.15) is 0 Å². The molecule has 4 fully saturated rings. The van der Waals surface area contributed by atoms with Gasteiger partial charge in [-0.25, -0.2) is 0 Å². The summed E-state index contributed by atoms with van der Waals surface area (Å²) in [5, 5.41) is 10.6. The maximum absolute atomic E-state index is 11.2. The lowest BCUT2D eigenvalue weighted by molar-refractivity contribution is -0.194. The Morgan fingerprint density at radius 2 is 1.30 bits per heavy atom. The number of nitrogens with zero attached hydrogens (tertiary/aromatic N) is 4. The van der Waals surface area contributed by atoms with E-state index in [9.17, 15) is 9.59 Å². The highest BCUT2D eigenvalue weighted by Gasteiger charge is 2.36. The molecule has 124 valence electrons. The molecule has 0 radical (unpaired) electrons. The number of hydrogen-bond donors (Lipinski definition) is 2. The van der Waals surface area contributed by atoms with Crippen molar-refractivity contribution in [3.8, 4) is 0 Å². The van der Waals surface area contributed by atoms with Crippen LogP contribution in [0.4, 0.5) is 0 Å². The zero-order valence-corrected chi connectivity index (χ0v) is 12.9. The van der Waals surface area contributed by atoms with Crippen molar-refractivity contribution in [3.63, 3.8) is 0 Å². The molecule has 2 N–H and O–H groups in total. The second-order valence-electron chi connectivity index (χ2n) is 5.97. The molecule has 8 nitrogen and oxygen atoms in total. The number of carbonyl (C=O) groups is 2. The number of carbonyl (C=O) groups excluding carboxylic acids is 1. The minimum absolute atomic E-state index is 0.353. The van der Waals surface area contributed by atoms with E-state index in [1.54, 1.807) is 30.3 Å². The van der Waals surface area contributed by atoms with Crippen molar-refractivity contribution < 1.29 is 14.7 Å². The molecule has 4 aliphatic rings. The summed E-state index contributed by atoms with van der Waals surface area (Å²) in [5.41, 5.74) is 0.462. The van der Waals surface area contributed by atoms with Gasteiger partial charge >= 0.3 is 5.97 Å². The van der Waals surface area contributed by atoms with Gasteiger partial charge in [0.15, 0.2) is 0 Å². The van der Waals surface area contributed by atoms with E-state index in [2.05, 4.69) is 24.9 Å². The minimum atomic E-state index is -1.05. The molecule has 1 aromatic carbocycles. The summed E-state index contributed by atoms with van der Waals surface area (Å²) in [6.07, 6.45) is 0. The first-order valence-corrected chi connectivity index (χ1v) is 7.54. The van der Waals surface area contributed by atoms with Crippen LogP contribution >= 0.6 is 0 Å². The third-order valence-electron chi connectivity index (χ3n) is 3.84. The van der Waals surface area contributed by atoms with E-state index in [0.717, 1.165) is 0 Å². The number of carboxylic acid groups (broad SMARTS) is 1. The number of nitrogens with one attached hydrogen (secondary N) is 1. The van der Waals surface area contributed by atoms with Crippen LogP contribution < -0.4 is 5.32 Å². The molecule has 4 saturated heterocycles. The fourth-order valence-corrected chi connectivity index (χ4v) is 3.08. The highest BCUT2D eigenvalue weighted by atomic mass is 16.4. The van der Waals surface area contributed by atoms with Crippen LogP contribution in [-0.4, -0.2) is 83.1 Å². The SMILES string of the molecule is C1N2CN3CN1CN(C2)C3.O=C(O)CNC(=O)c1ccccc1. The maximum Gasteiger partial charge on any atom is 0.322 e. The molecule has 8 heteroatoms. The van der Waals surface area contributed by atoms with E-state index in [0.29, 0.717) is 5.56 Å². The quantitative estimate of drug-likeness (QED) is 0.776. The molecule has 1 aromatic rings.